The van der Waals surface area contributed by atoms with Gasteiger partial charge in [-0.05, 0) is 51.0 Å². The quantitative estimate of drug-likeness (QED) is 0.877. The van der Waals surface area contributed by atoms with Gasteiger partial charge in [-0.1, -0.05) is 0 Å². The molecule has 1 aromatic carbocycles. The van der Waals surface area contributed by atoms with E-state index < -0.39 is 11.9 Å². The van der Waals surface area contributed by atoms with Crippen molar-refractivity contribution in [2.45, 2.75) is 32.8 Å². The van der Waals surface area contributed by atoms with Crippen molar-refractivity contribution >= 4 is 11.6 Å². The molecule has 1 N–H and O–H groups in total. The summed E-state index contributed by atoms with van der Waals surface area (Å²) in [5.41, 5.74) is 1.53. The Balaban J connectivity index is 2.06. The fraction of sp³-hybridized carbons (Fsp3) is 0.353. The molecule has 116 valence electrons. The van der Waals surface area contributed by atoms with E-state index in [0.29, 0.717) is 47.7 Å². The van der Waals surface area contributed by atoms with Gasteiger partial charge in [-0.15, -0.1) is 0 Å². The second-order valence-electron chi connectivity index (χ2n) is 5.64. The molecule has 4 nitrogen and oxygen atoms in total. The first-order chi connectivity index (χ1) is 10.5. The van der Waals surface area contributed by atoms with Crippen LogP contribution in [0.5, 0.6) is 0 Å². The molecule has 0 saturated carbocycles. The van der Waals surface area contributed by atoms with Crippen LogP contribution in [0.1, 0.15) is 46.4 Å². The van der Waals surface area contributed by atoms with Crippen LogP contribution in [0.15, 0.2) is 28.7 Å². The lowest BCUT2D eigenvalue weighted by Crippen LogP contribution is -2.32. The van der Waals surface area contributed by atoms with Crippen molar-refractivity contribution in [2.75, 3.05) is 11.4 Å². The smallest absolute Gasteiger partial charge is 0.261 e. The van der Waals surface area contributed by atoms with Crippen molar-refractivity contribution in [3.63, 3.8) is 0 Å². The summed E-state index contributed by atoms with van der Waals surface area (Å²) in [6, 6.07) is 5.88. The molecule has 2 aromatic rings. The van der Waals surface area contributed by atoms with Gasteiger partial charge >= 0.3 is 0 Å². The van der Waals surface area contributed by atoms with Crippen molar-refractivity contribution < 1.29 is 18.7 Å². The number of hydrogen-bond acceptors (Lipinski definition) is 3. The highest BCUT2D eigenvalue weighted by atomic mass is 19.1. The van der Waals surface area contributed by atoms with E-state index in [4.69, 9.17) is 4.42 Å². The van der Waals surface area contributed by atoms with Crippen LogP contribution in [0.25, 0.3) is 0 Å². The molecule has 1 aliphatic heterocycles. The van der Waals surface area contributed by atoms with E-state index in [1.54, 1.807) is 30.9 Å². The lowest BCUT2D eigenvalue weighted by Gasteiger charge is -2.23. The Morgan fingerprint density at radius 3 is 2.82 bits per heavy atom. The van der Waals surface area contributed by atoms with Gasteiger partial charge in [-0.2, -0.15) is 0 Å². The number of fused-ring (bicyclic) bond motifs is 1. The van der Waals surface area contributed by atoms with Gasteiger partial charge in [-0.25, -0.2) is 4.39 Å². The molecule has 0 aliphatic carbocycles. The van der Waals surface area contributed by atoms with E-state index in [1.807, 2.05) is 0 Å². The molecule has 0 spiro atoms. The fourth-order valence-corrected chi connectivity index (χ4v) is 2.96. The van der Waals surface area contributed by atoms with Crippen LogP contribution in [-0.4, -0.2) is 17.6 Å². The topological polar surface area (TPSA) is 53.7 Å². The predicted molar refractivity (Wildman–Crippen MR) is 80.5 cm³/mol. The van der Waals surface area contributed by atoms with E-state index in [0.717, 1.165) is 0 Å². The summed E-state index contributed by atoms with van der Waals surface area (Å²) in [6.07, 6.45) is 0.401. The Labute approximate surface area is 128 Å². The number of aryl methyl sites for hydroxylation is 2. The first-order valence-corrected chi connectivity index (χ1v) is 7.34. The number of rotatable bonds is 1. The molecule has 0 saturated heterocycles. The SMILES string of the molecule is Cc1cc(C(=O)N2CCC[C@@H](O)c3cc(F)ccc32)c(C)o1. The standard InChI is InChI=1S/C17H18FNO3/c1-10-8-13(11(2)22-10)17(21)19-7-3-4-16(20)14-9-12(18)5-6-15(14)19/h5-6,8-9,16,20H,3-4,7H2,1-2H3/t16-/m1/s1. The van der Waals surface area contributed by atoms with Crippen LogP contribution in [0.4, 0.5) is 10.1 Å². The highest BCUT2D eigenvalue weighted by Gasteiger charge is 2.28. The number of benzene rings is 1. The van der Waals surface area contributed by atoms with Gasteiger partial charge < -0.3 is 14.4 Å². The molecule has 3 rings (SSSR count). The average molecular weight is 303 g/mol. The Kier molecular flexibility index (Phi) is 3.74. The highest BCUT2D eigenvalue weighted by molar-refractivity contribution is 6.07. The zero-order chi connectivity index (χ0) is 15.9. The third-order valence-electron chi connectivity index (χ3n) is 4.02. The number of anilines is 1. The summed E-state index contributed by atoms with van der Waals surface area (Å²) >= 11 is 0. The lowest BCUT2D eigenvalue weighted by atomic mass is 10.0. The van der Waals surface area contributed by atoms with Crippen LogP contribution in [0.3, 0.4) is 0 Å². The lowest BCUT2D eigenvalue weighted by molar-refractivity contribution is 0.0985. The van der Waals surface area contributed by atoms with E-state index in [-0.39, 0.29) is 5.91 Å². The van der Waals surface area contributed by atoms with Gasteiger partial charge in [0.2, 0.25) is 0 Å². The molecular formula is C17H18FNO3. The van der Waals surface area contributed by atoms with E-state index in [2.05, 4.69) is 0 Å². The fourth-order valence-electron chi connectivity index (χ4n) is 2.96. The van der Waals surface area contributed by atoms with E-state index in [9.17, 15) is 14.3 Å². The summed E-state index contributed by atoms with van der Waals surface area (Å²) in [5, 5.41) is 10.2. The normalized spacial score (nSPS) is 18.0. The summed E-state index contributed by atoms with van der Waals surface area (Å²) in [4.78, 5) is 14.4. The van der Waals surface area contributed by atoms with Gasteiger partial charge in [0, 0.05) is 17.8 Å². The number of aliphatic hydroxyl groups is 1. The first-order valence-electron chi connectivity index (χ1n) is 7.34. The van der Waals surface area contributed by atoms with Crippen LogP contribution in [-0.2, 0) is 0 Å². The van der Waals surface area contributed by atoms with Crippen molar-refractivity contribution in [1.29, 1.82) is 0 Å². The molecule has 0 fully saturated rings. The number of amides is 1. The Hall–Kier alpha value is -2.14. The molecule has 5 heteroatoms. The molecule has 1 aromatic heterocycles. The molecule has 2 heterocycles. The minimum Gasteiger partial charge on any atom is -0.466 e. The van der Waals surface area contributed by atoms with Crippen molar-refractivity contribution in [2.24, 2.45) is 0 Å². The molecular weight excluding hydrogens is 285 g/mol. The van der Waals surface area contributed by atoms with Crippen molar-refractivity contribution in [1.82, 2.24) is 0 Å². The second-order valence-corrected chi connectivity index (χ2v) is 5.64. The third-order valence-corrected chi connectivity index (χ3v) is 4.02. The first kappa shape index (κ1) is 14.8. The average Bonchev–Trinajstić information content (AvgIpc) is 2.72. The minimum atomic E-state index is -0.754. The maximum Gasteiger partial charge on any atom is 0.261 e. The minimum absolute atomic E-state index is 0.184. The molecule has 1 amide bonds. The van der Waals surface area contributed by atoms with Crippen molar-refractivity contribution in [3.05, 3.63) is 52.7 Å². The summed E-state index contributed by atoms with van der Waals surface area (Å²) in [5.74, 6) is 0.643. The Morgan fingerprint density at radius 2 is 2.14 bits per heavy atom. The van der Waals surface area contributed by atoms with Gasteiger partial charge in [0.25, 0.3) is 5.91 Å². The number of carbonyl (C=O) groups excluding carboxylic acids is 1. The van der Waals surface area contributed by atoms with E-state index >= 15 is 0 Å². The highest BCUT2D eigenvalue weighted by Crippen LogP contribution is 2.34. The van der Waals surface area contributed by atoms with E-state index in [1.165, 1.54) is 12.1 Å². The number of carbonyl (C=O) groups is 1. The number of furan rings is 1. The molecule has 0 unspecified atom stereocenters. The molecule has 1 atom stereocenters. The zero-order valence-corrected chi connectivity index (χ0v) is 12.6. The molecule has 22 heavy (non-hydrogen) atoms. The van der Waals surface area contributed by atoms with Gasteiger partial charge in [0.1, 0.15) is 17.3 Å². The zero-order valence-electron chi connectivity index (χ0n) is 12.6. The number of nitrogens with zero attached hydrogens (tertiary/aromatic N) is 1. The van der Waals surface area contributed by atoms with Crippen LogP contribution < -0.4 is 4.90 Å². The maximum absolute atomic E-state index is 13.5. The molecule has 0 bridgehead atoms. The number of aliphatic hydroxyl groups excluding tert-OH is 1. The molecule has 1 aliphatic rings. The second kappa shape index (κ2) is 5.57. The summed E-state index contributed by atoms with van der Waals surface area (Å²) in [7, 11) is 0. The maximum atomic E-state index is 13.5. The molecule has 0 radical (unpaired) electrons. The number of hydrogen-bond donors (Lipinski definition) is 1. The van der Waals surface area contributed by atoms with Crippen molar-refractivity contribution in [3.8, 4) is 0 Å². The predicted octanol–water partition coefficient (Wildman–Crippen LogP) is 3.51. The summed E-state index contributed by atoms with van der Waals surface area (Å²) < 4.78 is 18.9. The van der Waals surface area contributed by atoms with Crippen LogP contribution >= 0.6 is 0 Å². The third kappa shape index (κ3) is 2.52. The van der Waals surface area contributed by atoms with Gasteiger partial charge in [0.15, 0.2) is 0 Å². The van der Waals surface area contributed by atoms with Crippen LogP contribution in [0, 0.1) is 19.7 Å². The Morgan fingerprint density at radius 1 is 1.36 bits per heavy atom. The monoisotopic (exact) mass is 303 g/mol. The largest absolute Gasteiger partial charge is 0.466 e. The number of halogens is 1. The van der Waals surface area contributed by atoms with Gasteiger partial charge in [0.05, 0.1) is 11.7 Å². The summed E-state index contributed by atoms with van der Waals surface area (Å²) in [6.45, 7) is 4.02. The Bertz CT molecular complexity index is 723. The van der Waals surface area contributed by atoms with Crippen LogP contribution in [0.2, 0.25) is 0 Å². The van der Waals surface area contributed by atoms with Gasteiger partial charge in [-0.3, -0.25) is 4.79 Å².